The number of carbonyl (C=O) groups excluding carboxylic acids is 2. The molecule has 0 aliphatic carbocycles. The quantitative estimate of drug-likeness (QED) is 0.321. The fraction of sp³-hybridized carbons (Fsp3) is 0.407. The number of likely N-dealkylation sites (tertiary alicyclic amines) is 1. The third-order valence-electron chi connectivity index (χ3n) is 6.16. The van der Waals surface area contributed by atoms with Crippen LogP contribution in [0.25, 0.3) is 5.76 Å². The zero-order chi connectivity index (χ0) is 25.8. The molecule has 1 fully saturated rings. The molecule has 2 aromatic rings. The van der Waals surface area contributed by atoms with Crippen molar-refractivity contribution < 1.29 is 33.6 Å². The van der Waals surface area contributed by atoms with Gasteiger partial charge in [0.2, 0.25) is 0 Å². The van der Waals surface area contributed by atoms with E-state index in [1.54, 1.807) is 36.4 Å². The Labute approximate surface area is 210 Å². The maximum absolute atomic E-state index is 13.3. The molecule has 0 bridgehead atoms. The standard InChI is InChI=1S/C27H32N2O7/c1-5-34-19-9-7-17(15-21(19)33-4)24-23(26(31)27(32)29(24)12-6-11-28(2)3)25(30)18-8-10-20-22(16-18)36-14-13-35-20/h7-10,15-16,24,30H,5-6,11-14H2,1-4H3/b25-23+/t24-/m0/s1. The number of ketones is 1. The average molecular weight is 497 g/mol. The van der Waals surface area contributed by atoms with Crippen LogP contribution >= 0.6 is 0 Å². The van der Waals surface area contributed by atoms with Gasteiger partial charge in [0.05, 0.1) is 25.3 Å². The van der Waals surface area contributed by atoms with Crippen LogP contribution in [-0.2, 0) is 9.59 Å². The van der Waals surface area contributed by atoms with Gasteiger partial charge in [-0.1, -0.05) is 6.07 Å². The van der Waals surface area contributed by atoms with Crippen LogP contribution in [0, 0.1) is 0 Å². The highest BCUT2D eigenvalue weighted by Crippen LogP contribution is 2.43. The normalized spacial score (nSPS) is 18.6. The summed E-state index contributed by atoms with van der Waals surface area (Å²) in [7, 11) is 5.43. The van der Waals surface area contributed by atoms with Gasteiger partial charge in [-0.05, 0) is 69.9 Å². The number of Topliss-reactive ketones (excluding diaryl/α,β-unsaturated/α-hetero) is 1. The van der Waals surface area contributed by atoms with E-state index in [1.165, 1.54) is 12.0 Å². The number of rotatable bonds is 9. The first-order valence-corrected chi connectivity index (χ1v) is 12.0. The number of ether oxygens (including phenoxy) is 4. The molecule has 2 aromatic carbocycles. The number of hydrogen-bond donors (Lipinski definition) is 1. The molecule has 1 N–H and O–H groups in total. The molecule has 1 amide bonds. The van der Waals surface area contributed by atoms with E-state index in [0.29, 0.717) is 66.9 Å². The Balaban J connectivity index is 1.81. The Bertz CT molecular complexity index is 1170. The van der Waals surface area contributed by atoms with E-state index in [9.17, 15) is 14.7 Å². The molecular weight excluding hydrogens is 464 g/mol. The van der Waals surface area contributed by atoms with Crippen molar-refractivity contribution >= 4 is 17.4 Å². The molecule has 36 heavy (non-hydrogen) atoms. The van der Waals surface area contributed by atoms with Gasteiger partial charge in [0.25, 0.3) is 11.7 Å². The van der Waals surface area contributed by atoms with Crippen LogP contribution in [0.1, 0.15) is 30.5 Å². The fourth-order valence-electron chi connectivity index (χ4n) is 4.49. The zero-order valence-electron chi connectivity index (χ0n) is 21.1. The molecule has 1 atom stereocenters. The maximum Gasteiger partial charge on any atom is 0.295 e. The summed E-state index contributed by atoms with van der Waals surface area (Å²) in [6.07, 6.45) is 0.661. The van der Waals surface area contributed by atoms with E-state index >= 15 is 0 Å². The number of methoxy groups -OCH3 is 1. The average Bonchev–Trinajstić information content (AvgIpc) is 3.13. The highest BCUT2D eigenvalue weighted by atomic mass is 16.6. The van der Waals surface area contributed by atoms with Crippen LogP contribution in [-0.4, -0.2) is 80.7 Å². The third kappa shape index (κ3) is 4.97. The summed E-state index contributed by atoms with van der Waals surface area (Å²) in [6.45, 7) is 4.25. The van der Waals surface area contributed by atoms with Crippen LogP contribution in [0.4, 0.5) is 0 Å². The third-order valence-corrected chi connectivity index (χ3v) is 6.16. The molecule has 0 radical (unpaired) electrons. The predicted octanol–water partition coefficient (Wildman–Crippen LogP) is 3.24. The van der Waals surface area contributed by atoms with E-state index in [4.69, 9.17) is 18.9 Å². The molecule has 9 nitrogen and oxygen atoms in total. The minimum absolute atomic E-state index is 0.0211. The van der Waals surface area contributed by atoms with E-state index in [2.05, 4.69) is 0 Å². The minimum atomic E-state index is -0.787. The van der Waals surface area contributed by atoms with E-state index in [1.807, 2.05) is 25.9 Å². The largest absolute Gasteiger partial charge is 0.507 e. The van der Waals surface area contributed by atoms with Gasteiger partial charge >= 0.3 is 0 Å². The number of benzene rings is 2. The number of hydrogen-bond acceptors (Lipinski definition) is 8. The first-order chi connectivity index (χ1) is 17.3. The second-order valence-corrected chi connectivity index (χ2v) is 8.85. The first-order valence-electron chi connectivity index (χ1n) is 12.0. The lowest BCUT2D eigenvalue weighted by Gasteiger charge is -2.26. The van der Waals surface area contributed by atoms with Crippen molar-refractivity contribution in [1.29, 1.82) is 0 Å². The molecule has 9 heteroatoms. The molecule has 4 rings (SSSR count). The van der Waals surface area contributed by atoms with Gasteiger partial charge in [0.15, 0.2) is 23.0 Å². The lowest BCUT2D eigenvalue weighted by molar-refractivity contribution is -0.139. The molecule has 0 unspecified atom stereocenters. The van der Waals surface area contributed by atoms with Crippen LogP contribution < -0.4 is 18.9 Å². The highest BCUT2D eigenvalue weighted by Gasteiger charge is 2.46. The molecule has 2 heterocycles. The molecule has 192 valence electrons. The molecule has 2 aliphatic rings. The summed E-state index contributed by atoms with van der Waals surface area (Å²) in [5.41, 5.74) is 1.03. The summed E-state index contributed by atoms with van der Waals surface area (Å²) in [6, 6.07) is 9.47. The molecule has 2 aliphatic heterocycles. The van der Waals surface area contributed by atoms with Crippen molar-refractivity contribution in [3.05, 3.63) is 53.1 Å². The van der Waals surface area contributed by atoms with Crippen LogP contribution in [0.15, 0.2) is 42.0 Å². The number of amides is 1. The zero-order valence-corrected chi connectivity index (χ0v) is 21.1. The predicted molar refractivity (Wildman–Crippen MR) is 134 cm³/mol. The van der Waals surface area contributed by atoms with Gasteiger partial charge in [-0.25, -0.2) is 0 Å². The van der Waals surface area contributed by atoms with E-state index in [-0.39, 0.29) is 11.3 Å². The molecule has 1 saturated heterocycles. The van der Waals surface area contributed by atoms with Crippen LogP contribution in [0.2, 0.25) is 0 Å². The summed E-state index contributed by atoms with van der Waals surface area (Å²) >= 11 is 0. The number of carbonyl (C=O) groups is 2. The Hall–Kier alpha value is -3.72. The van der Waals surface area contributed by atoms with Crippen molar-refractivity contribution in [1.82, 2.24) is 9.80 Å². The van der Waals surface area contributed by atoms with Crippen molar-refractivity contribution in [2.75, 3.05) is 54.1 Å². The van der Waals surface area contributed by atoms with Gasteiger partial charge < -0.3 is 33.9 Å². The number of aliphatic hydroxyl groups is 1. The summed E-state index contributed by atoms with van der Waals surface area (Å²) in [5.74, 6) is 0.432. The summed E-state index contributed by atoms with van der Waals surface area (Å²) in [5, 5.41) is 11.4. The van der Waals surface area contributed by atoms with Crippen molar-refractivity contribution in [3.8, 4) is 23.0 Å². The minimum Gasteiger partial charge on any atom is -0.507 e. The Morgan fingerprint density at radius 1 is 1.08 bits per heavy atom. The molecular formula is C27H32N2O7. The lowest BCUT2D eigenvalue weighted by atomic mass is 9.94. The van der Waals surface area contributed by atoms with Gasteiger partial charge in [0, 0.05) is 12.1 Å². The summed E-state index contributed by atoms with van der Waals surface area (Å²) in [4.78, 5) is 30.0. The smallest absolute Gasteiger partial charge is 0.295 e. The maximum atomic E-state index is 13.3. The van der Waals surface area contributed by atoms with E-state index in [0.717, 1.165) is 6.54 Å². The second kappa shape index (κ2) is 10.9. The highest BCUT2D eigenvalue weighted by molar-refractivity contribution is 6.46. The molecule has 0 spiro atoms. The van der Waals surface area contributed by atoms with Crippen molar-refractivity contribution in [2.24, 2.45) is 0 Å². The van der Waals surface area contributed by atoms with Crippen LogP contribution in [0.5, 0.6) is 23.0 Å². The fourth-order valence-corrected chi connectivity index (χ4v) is 4.49. The molecule has 0 aromatic heterocycles. The van der Waals surface area contributed by atoms with Gasteiger partial charge in [-0.2, -0.15) is 0 Å². The first kappa shape index (κ1) is 25.4. The lowest BCUT2D eigenvalue weighted by Crippen LogP contribution is -2.32. The van der Waals surface area contributed by atoms with E-state index < -0.39 is 17.7 Å². The second-order valence-electron chi connectivity index (χ2n) is 8.85. The number of nitrogens with zero attached hydrogens (tertiary/aromatic N) is 2. The van der Waals surface area contributed by atoms with Crippen molar-refractivity contribution in [2.45, 2.75) is 19.4 Å². The topological polar surface area (TPSA) is 97.8 Å². The Morgan fingerprint density at radius 2 is 1.83 bits per heavy atom. The molecule has 0 saturated carbocycles. The van der Waals surface area contributed by atoms with Crippen molar-refractivity contribution in [3.63, 3.8) is 0 Å². The van der Waals surface area contributed by atoms with Gasteiger partial charge in [0.1, 0.15) is 19.0 Å². The van der Waals surface area contributed by atoms with Gasteiger partial charge in [-0.15, -0.1) is 0 Å². The Morgan fingerprint density at radius 3 is 2.53 bits per heavy atom. The van der Waals surface area contributed by atoms with Gasteiger partial charge in [-0.3, -0.25) is 9.59 Å². The summed E-state index contributed by atoms with van der Waals surface area (Å²) < 4.78 is 22.4. The Kier molecular flexibility index (Phi) is 7.69. The van der Waals surface area contributed by atoms with Crippen LogP contribution in [0.3, 0.4) is 0 Å². The number of fused-ring (bicyclic) bond motifs is 1. The number of aliphatic hydroxyl groups excluding tert-OH is 1. The monoisotopic (exact) mass is 496 g/mol. The SMILES string of the molecule is CCOc1ccc([C@H]2/C(=C(\O)c3ccc4c(c3)OCCO4)C(=O)C(=O)N2CCCN(C)C)cc1OC.